The van der Waals surface area contributed by atoms with Crippen molar-refractivity contribution in [2.75, 3.05) is 0 Å². The summed E-state index contributed by atoms with van der Waals surface area (Å²) in [4.78, 5) is 4.90. The summed E-state index contributed by atoms with van der Waals surface area (Å²) in [6.07, 6.45) is 1.62. The molecule has 5 rings (SSSR count). The normalized spacial score (nSPS) is 19.9. The van der Waals surface area contributed by atoms with E-state index in [1.165, 1.54) is 0 Å². The Hall–Kier alpha value is -2.75. The number of hydrogen-bond acceptors (Lipinski definition) is 3. The van der Waals surface area contributed by atoms with E-state index >= 15 is 0 Å². The molecule has 3 nitrogen and oxygen atoms in total. The quantitative estimate of drug-likeness (QED) is 0.381. The van der Waals surface area contributed by atoms with Crippen LogP contribution in [0.1, 0.15) is 17.2 Å². The van der Waals surface area contributed by atoms with Crippen molar-refractivity contribution in [1.82, 2.24) is 4.98 Å². The second-order valence-electron chi connectivity index (χ2n) is 6.28. The predicted molar refractivity (Wildman–Crippen MR) is 96.8 cm³/mol. The highest BCUT2D eigenvalue weighted by atomic mass is 16.3. The number of aromatic nitrogens is 1. The molecule has 0 fully saturated rings. The highest BCUT2D eigenvalue weighted by Gasteiger charge is 2.25. The van der Waals surface area contributed by atoms with Gasteiger partial charge < -0.3 is 10.2 Å². The van der Waals surface area contributed by atoms with Crippen LogP contribution in [-0.2, 0) is 0 Å². The van der Waals surface area contributed by atoms with Crippen LogP contribution in [0.2, 0.25) is 0 Å². The molecule has 2 atom stereocenters. The molecule has 1 aromatic heterocycles. The number of aliphatic hydroxyl groups excluding tert-OH is 2. The minimum Gasteiger partial charge on any atom is -0.386 e. The fraction of sp³-hybridized carbons (Fsp3) is 0.0952. The summed E-state index contributed by atoms with van der Waals surface area (Å²) in [6, 6.07) is 18.4. The first-order chi connectivity index (χ1) is 11.7. The van der Waals surface area contributed by atoms with Crippen molar-refractivity contribution in [2.24, 2.45) is 0 Å². The highest BCUT2D eigenvalue weighted by Crippen LogP contribution is 2.35. The third kappa shape index (κ3) is 1.83. The zero-order valence-corrected chi connectivity index (χ0v) is 12.8. The monoisotopic (exact) mass is 313 g/mol. The molecule has 3 heteroatoms. The first-order valence-electron chi connectivity index (χ1n) is 8.02. The molecule has 4 aromatic rings. The van der Waals surface area contributed by atoms with Crippen LogP contribution in [-0.4, -0.2) is 21.3 Å². The van der Waals surface area contributed by atoms with Gasteiger partial charge >= 0.3 is 0 Å². The fourth-order valence-corrected chi connectivity index (χ4v) is 3.61. The van der Waals surface area contributed by atoms with E-state index < -0.39 is 12.2 Å². The number of benzene rings is 3. The maximum Gasteiger partial charge on any atom is 0.111 e. The number of pyridine rings is 1. The molecule has 116 valence electrons. The maximum absolute atomic E-state index is 10.5. The van der Waals surface area contributed by atoms with Crippen LogP contribution in [0.25, 0.3) is 38.7 Å². The molecule has 0 unspecified atom stereocenters. The Kier molecular flexibility index (Phi) is 2.77. The van der Waals surface area contributed by atoms with Crippen molar-refractivity contribution in [3.63, 3.8) is 0 Å². The van der Waals surface area contributed by atoms with E-state index in [0.29, 0.717) is 5.56 Å². The van der Waals surface area contributed by atoms with Gasteiger partial charge in [-0.25, -0.2) is 4.98 Å². The molecule has 0 aliphatic heterocycles. The van der Waals surface area contributed by atoms with Gasteiger partial charge in [0.15, 0.2) is 0 Å². The third-order valence-electron chi connectivity index (χ3n) is 4.84. The second kappa shape index (κ2) is 4.87. The zero-order chi connectivity index (χ0) is 16.3. The molecule has 0 amide bonds. The molecule has 3 aromatic carbocycles. The number of rotatable bonds is 0. The number of hydrogen-bond donors (Lipinski definition) is 2. The topological polar surface area (TPSA) is 53.4 Å². The molecule has 1 aliphatic carbocycles. The van der Waals surface area contributed by atoms with E-state index in [1.54, 1.807) is 6.08 Å². The Morgan fingerprint density at radius 1 is 0.792 bits per heavy atom. The van der Waals surface area contributed by atoms with Crippen molar-refractivity contribution >= 4 is 38.7 Å². The summed E-state index contributed by atoms with van der Waals surface area (Å²) in [6.45, 7) is 0. The summed E-state index contributed by atoms with van der Waals surface area (Å²) in [5.74, 6) is 0. The fourth-order valence-electron chi connectivity index (χ4n) is 3.61. The standard InChI is InChI=1S/C21H15NO2/c23-17-10-9-13-6-8-15-11-14-7-5-12-3-1-2-4-16(12)19(14)22-20(15)18(13)21(17)24/h1-11,17,21,23-24H/t17-,21+/m0/s1. The maximum atomic E-state index is 10.5. The van der Waals surface area contributed by atoms with Crippen LogP contribution >= 0.6 is 0 Å². The summed E-state index contributed by atoms with van der Waals surface area (Å²) < 4.78 is 0. The average molecular weight is 313 g/mol. The lowest BCUT2D eigenvalue weighted by Gasteiger charge is -2.23. The molecule has 0 saturated heterocycles. The Labute approximate surface area is 138 Å². The number of fused-ring (bicyclic) bond motifs is 6. The van der Waals surface area contributed by atoms with Gasteiger partial charge in [-0.2, -0.15) is 0 Å². The van der Waals surface area contributed by atoms with Gasteiger partial charge in [-0.3, -0.25) is 0 Å². The third-order valence-corrected chi connectivity index (χ3v) is 4.84. The number of aliphatic hydroxyl groups is 2. The van der Waals surface area contributed by atoms with E-state index in [-0.39, 0.29) is 0 Å². The Morgan fingerprint density at radius 3 is 2.46 bits per heavy atom. The SMILES string of the molecule is O[C@H]1C=Cc2ccc3cc4ccc5ccccc5c4nc3c2[C@@H]1O. The van der Waals surface area contributed by atoms with Crippen LogP contribution in [0, 0.1) is 0 Å². The van der Waals surface area contributed by atoms with Crippen LogP contribution in [0.4, 0.5) is 0 Å². The molecular formula is C21H15NO2. The van der Waals surface area contributed by atoms with Gasteiger partial charge in [0.05, 0.1) is 11.0 Å². The first kappa shape index (κ1) is 13.7. The van der Waals surface area contributed by atoms with Crippen LogP contribution in [0.5, 0.6) is 0 Å². The molecule has 24 heavy (non-hydrogen) atoms. The van der Waals surface area contributed by atoms with Crippen molar-refractivity contribution in [1.29, 1.82) is 0 Å². The smallest absolute Gasteiger partial charge is 0.111 e. The van der Waals surface area contributed by atoms with E-state index in [4.69, 9.17) is 4.98 Å². The molecule has 0 saturated carbocycles. The second-order valence-corrected chi connectivity index (χ2v) is 6.28. The highest BCUT2D eigenvalue weighted by molar-refractivity contribution is 6.09. The van der Waals surface area contributed by atoms with E-state index in [2.05, 4.69) is 30.3 Å². The van der Waals surface area contributed by atoms with Gasteiger partial charge in [0.1, 0.15) is 12.2 Å². The number of nitrogens with zero attached hydrogens (tertiary/aromatic N) is 1. The van der Waals surface area contributed by atoms with Gasteiger partial charge in [0.2, 0.25) is 0 Å². The van der Waals surface area contributed by atoms with Gasteiger partial charge in [-0.1, -0.05) is 60.7 Å². The average Bonchev–Trinajstić information content (AvgIpc) is 2.62. The lowest BCUT2D eigenvalue weighted by molar-refractivity contribution is 0.0479. The largest absolute Gasteiger partial charge is 0.386 e. The molecule has 0 spiro atoms. The van der Waals surface area contributed by atoms with Crippen LogP contribution in [0.3, 0.4) is 0 Å². The minimum atomic E-state index is -0.950. The van der Waals surface area contributed by atoms with Gasteiger partial charge in [-0.05, 0) is 17.0 Å². The van der Waals surface area contributed by atoms with Gasteiger partial charge in [0.25, 0.3) is 0 Å². The summed E-state index contributed by atoms with van der Waals surface area (Å²) in [7, 11) is 0. The van der Waals surface area contributed by atoms with Crippen LogP contribution < -0.4 is 0 Å². The first-order valence-corrected chi connectivity index (χ1v) is 8.02. The van der Waals surface area contributed by atoms with Crippen molar-refractivity contribution in [2.45, 2.75) is 12.2 Å². The molecule has 1 heterocycles. The molecule has 2 N–H and O–H groups in total. The molecule has 1 aliphatic rings. The van der Waals surface area contributed by atoms with Crippen molar-refractivity contribution in [3.8, 4) is 0 Å². The summed E-state index contributed by atoms with van der Waals surface area (Å²) in [5.41, 5.74) is 3.29. The Bertz CT molecular complexity index is 1150. The minimum absolute atomic E-state index is 0.706. The zero-order valence-electron chi connectivity index (χ0n) is 12.8. The van der Waals surface area contributed by atoms with E-state index in [1.807, 2.05) is 30.3 Å². The summed E-state index contributed by atoms with van der Waals surface area (Å²) >= 11 is 0. The predicted octanol–water partition coefficient (Wildman–Crippen LogP) is 3.96. The van der Waals surface area contributed by atoms with Gasteiger partial charge in [0, 0.05) is 21.7 Å². The molecular weight excluding hydrogens is 298 g/mol. The van der Waals surface area contributed by atoms with Gasteiger partial charge in [-0.15, -0.1) is 0 Å². The van der Waals surface area contributed by atoms with Crippen molar-refractivity contribution in [3.05, 3.63) is 71.8 Å². The Balaban J connectivity index is 1.95. The van der Waals surface area contributed by atoms with E-state index in [9.17, 15) is 10.2 Å². The lowest BCUT2D eigenvalue weighted by Crippen LogP contribution is -2.20. The van der Waals surface area contributed by atoms with Crippen LogP contribution in [0.15, 0.2) is 60.7 Å². The summed E-state index contributed by atoms with van der Waals surface area (Å²) in [5, 5.41) is 24.8. The molecule has 0 bridgehead atoms. The lowest BCUT2D eigenvalue weighted by atomic mass is 9.90. The Morgan fingerprint density at radius 2 is 1.54 bits per heavy atom. The van der Waals surface area contributed by atoms with E-state index in [0.717, 1.165) is 38.1 Å². The van der Waals surface area contributed by atoms with Crippen molar-refractivity contribution < 1.29 is 10.2 Å². The molecule has 0 radical (unpaired) electrons.